The highest BCUT2D eigenvalue weighted by Gasteiger charge is 2.32. The zero-order valence-electron chi connectivity index (χ0n) is 8.62. The highest BCUT2D eigenvalue weighted by Crippen LogP contribution is 2.51. The van der Waals surface area contributed by atoms with Crippen LogP contribution in [-0.4, -0.2) is 16.5 Å². The Labute approximate surface area is 98.0 Å². The van der Waals surface area contributed by atoms with Crippen molar-refractivity contribution in [3.05, 3.63) is 36.0 Å². The van der Waals surface area contributed by atoms with E-state index < -0.39 is 0 Å². The largest absolute Gasteiger partial charge is 0.361 e. The van der Waals surface area contributed by atoms with Crippen LogP contribution in [0.15, 0.2) is 30.5 Å². The van der Waals surface area contributed by atoms with Crippen molar-refractivity contribution in [3.8, 4) is 0 Å². The Morgan fingerprint density at radius 2 is 2.00 bits per heavy atom. The summed E-state index contributed by atoms with van der Waals surface area (Å²) in [5.41, 5.74) is 2.69. The van der Waals surface area contributed by atoms with Crippen LogP contribution in [0.2, 0.25) is 0 Å². The normalized spacial score (nSPS) is 19.8. The van der Waals surface area contributed by atoms with Gasteiger partial charge in [-0.1, -0.05) is 12.1 Å². The quantitative estimate of drug-likeness (QED) is 0.808. The van der Waals surface area contributed by atoms with Crippen LogP contribution in [0.25, 0.3) is 10.9 Å². The molecule has 0 amide bonds. The molecule has 3 heteroatoms. The van der Waals surface area contributed by atoms with Gasteiger partial charge in [-0.3, -0.25) is 0 Å². The standard InChI is InChI=1S/C12H13NS2/c1-12(14-6-7-15-12)10-3-2-9-4-5-13-11(9)8-10/h2-5,8,13H,6-7H2,1H3. The van der Waals surface area contributed by atoms with E-state index in [0.29, 0.717) is 0 Å². The summed E-state index contributed by atoms with van der Waals surface area (Å²) in [5, 5.41) is 1.30. The van der Waals surface area contributed by atoms with Crippen LogP contribution in [-0.2, 0) is 4.08 Å². The van der Waals surface area contributed by atoms with Gasteiger partial charge in [0.25, 0.3) is 0 Å². The molecule has 1 aromatic carbocycles. The summed E-state index contributed by atoms with van der Waals surface area (Å²) in [6.45, 7) is 2.33. The van der Waals surface area contributed by atoms with E-state index in [-0.39, 0.29) is 4.08 Å². The highest BCUT2D eigenvalue weighted by molar-refractivity contribution is 8.20. The van der Waals surface area contributed by atoms with E-state index in [2.05, 4.69) is 59.7 Å². The number of thioether (sulfide) groups is 2. The molecule has 1 fully saturated rings. The molecule has 15 heavy (non-hydrogen) atoms. The van der Waals surface area contributed by atoms with Gasteiger partial charge in [0, 0.05) is 23.2 Å². The van der Waals surface area contributed by atoms with E-state index in [1.807, 2.05) is 6.20 Å². The fourth-order valence-electron chi connectivity index (χ4n) is 2.01. The Balaban J connectivity index is 2.10. The lowest BCUT2D eigenvalue weighted by atomic mass is 10.1. The van der Waals surface area contributed by atoms with Crippen LogP contribution in [0.4, 0.5) is 0 Å². The van der Waals surface area contributed by atoms with Gasteiger partial charge in [0.2, 0.25) is 0 Å². The van der Waals surface area contributed by atoms with Gasteiger partial charge in [-0.25, -0.2) is 0 Å². The molecule has 1 aromatic heterocycles. The summed E-state index contributed by atoms with van der Waals surface area (Å²) in [5.74, 6) is 2.54. The van der Waals surface area contributed by atoms with E-state index in [1.54, 1.807) is 0 Å². The van der Waals surface area contributed by atoms with Gasteiger partial charge in [0.15, 0.2) is 0 Å². The first-order valence-corrected chi connectivity index (χ1v) is 7.11. The Morgan fingerprint density at radius 1 is 1.20 bits per heavy atom. The van der Waals surface area contributed by atoms with E-state index >= 15 is 0 Å². The number of hydrogen-bond donors (Lipinski definition) is 1. The first kappa shape index (κ1) is 9.67. The van der Waals surface area contributed by atoms with Gasteiger partial charge in [0.1, 0.15) is 0 Å². The predicted octanol–water partition coefficient (Wildman–Crippen LogP) is 3.82. The number of fused-ring (bicyclic) bond motifs is 1. The van der Waals surface area contributed by atoms with Crippen molar-refractivity contribution in [1.82, 2.24) is 4.98 Å². The fourth-order valence-corrected chi connectivity index (χ4v) is 4.88. The van der Waals surface area contributed by atoms with Crippen LogP contribution < -0.4 is 0 Å². The van der Waals surface area contributed by atoms with Crippen LogP contribution in [0, 0.1) is 0 Å². The van der Waals surface area contributed by atoms with Crippen LogP contribution in [0.3, 0.4) is 0 Å². The minimum absolute atomic E-state index is 0.263. The van der Waals surface area contributed by atoms with Crippen molar-refractivity contribution in [2.24, 2.45) is 0 Å². The summed E-state index contributed by atoms with van der Waals surface area (Å²) in [6.07, 6.45) is 2.01. The molecule has 1 aliphatic heterocycles. The Kier molecular flexibility index (Phi) is 2.25. The number of H-pyrrole nitrogens is 1. The maximum Gasteiger partial charge on any atom is 0.0833 e. The Morgan fingerprint density at radius 3 is 2.80 bits per heavy atom. The molecule has 3 rings (SSSR count). The number of rotatable bonds is 1. The average Bonchev–Trinajstić information content (AvgIpc) is 2.85. The molecular formula is C12H13NS2. The second kappa shape index (κ2) is 3.49. The molecule has 1 aliphatic rings. The Hall–Kier alpha value is -0.540. The van der Waals surface area contributed by atoms with Crippen molar-refractivity contribution < 1.29 is 0 Å². The summed E-state index contributed by atoms with van der Waals surface area (Å²) < 4.78 is 0.263. The second-order valence-electron chi connectivity index (χ2n) is 3.92. The lowest BCUT2D eigenvalue weighted by Gasteiger charge is -2.22. The van der Waals surface area contributed by atoms with Crippen molar-refractivity contribution in [3.63, 3.8) is 0 Å². The summed E-state index contributed by atoms with van der Waals surface area (Å²) in [7, 11) is 0. The lowest BCUT2D eigenvalue weighted by molar-refractivity contribution is 1.03. The molecule has 0 radical (unpaired) electrons. The topological polar surface area (TPSA) is 15.8 Å². The van der Waals surface area contributed by atoms with E-state index in [4.69, 9.17) is 0 Å². The molecule has 2 aromatic rings. The third-order valence-corrected chi connectivity index (χ3v) is 6.27. The maximum atomic E-state index is 3.28. The van der Waals surface area contributed by atoms with E-state index in [1.165, 1.54) is 28.0 Å². The third-order valence-electron chi connectivity index (χ3n) is 2.92. The molecule has 0 unspecified atom stereocenters. The molecule has 78 valence electrons. The third kappa shape index (κ3) is 1.58. The predicted molar refractivity (Wildman–Crippen MR) is 70.6 cm³/mol. The second-order valence-corrected chi connectivity index (χ2v) is 7.21. The van der Waals surface area contributed by atoms with Crippen LogP contribution in [0.5, 0.6) is 0 Å². The molecule has 1 saturated heterocycles. The SMILES string of the molecule is CC1(c2ccc3cc[nH]c3c2)SCCS1. The minimum Gasteiger partial charge on any atom is -0.361 e. The number of benzene rings is 1. The van der Waals surface area contributed by atoms with E-state index in [0.717, 1.165) is 0 Å². The molecule has 0 aliphatic carbocycles. The van der Waals surface area contributed by atoms with Gasteiger partial charge < -0.3 is 4.98 Å². The van der Waals surface area contributed by atoms with Gasteiger partial charge in [-0.15, -0.1) is 23.5 Å². The number of aromatic amines is 1. The number of aromatic nitrogens is 1. The van der Waals surface area contributed by atoms with Crippen LogP contribution >= 0.6 is 23.5 Å². The zero-order chi connectivity index (χ0) is 10.3. The summed E-state index contributed by atoms with van der Waals surface area (Å²) >= 11 is 4.12. The monoisotopic (exact) mass is 235 g/mol. The molecule has 0 saturated carbocycles. The van der Waals surface area contributed by atoms with Crippen molar-refractivity contribution >= 4 is 34.4 Å². The van der Waals surface area contributed by atoms with Crippen molar-refractivity contribution in [2.75, 3.05) is 11.5 Å². The zero-order valence-corrected chi connectivity index (χ0v) is 10.3. The number of nitrogens with one attached hydrogen (secondary N) is 1. The first-order valence-electron chi connectivity index (χ1n) is 5.13. The van der Waals surface area contributed by atoms with Gasteiger partial charge >= 0.3 is 0 Å². The van der Waals surface area contributed by atoms with Crippen LogP contribution in [0.1, 0.15) is 12.5 Å². The highest BCUT2D eigenvalue weighted by atomic mass is 32.2. The lowest BCUT2D eigenvalue weighted by Crippen LogP contribution is -2.07. The van der Waals surface area contributed by atoms with Crippen molar-refractivity contribution in [2.45, 2.75) is 11.0 Å². The Bertz CT molecular complexity index is 483. The van der Waals surface area contributed by atoms with Gasteiger partial charge in [-0.2, -0.15) is 0 Å². The minimum atomic E-state index is 0.263. The maximum absolute atomic E-state index is 3.28. The smallest absolute Gasteiger partial charge is 0.0833 e. The molecule has 0 atom stereocenters. The molecular weight excluding hydrogens is 222 g/mol. The number of hydrogen-bond acceptors (Lipinski definition) is 2. The molecule has 1 N–H and O–H groups in total. The van der Waals surface area contributed by atoms with Crippen molar-refractivity contribution in [1.29, 1.82) is 0 Å². The molecule has 2 heterocycles. The summed E-state index contributed by atoms with van der Waals surface area (Å²) in [6, 6.07) is 8.89. The molecule has 0 bridgehead atoms. The van der Waals surface area contributed by atoms with Gasteiger partial charge in [0.05, 0.1) is 4.08 Å². The molecule has 1 nitrogen and oxygen atoms in total. The van der Waals surface area contributed by atoms with Gasteiger partial charge in [-0.05, 0) is 30.0 Å². The van der Waals surface area contributed by atoms with E-state index in [9.17, 15) is 0 Å². The average molecular weight is 235 g/mol. The molecule has 0 spiro atoms. The fraction of sp³-hybridized carbons (Fsp3) is 0.333. The first-order chi connectivity index (χ1) is 7.28. The summed E-state index contributed by atoms with van der Waals surface area (Å²) in [4.78, 5) is 3.28.